The fourth-order valence-electron chi connectivity index (χ4n) is 4.13. The summed E-state index contributed by atoms with van der Waals surface area (Å²) in [6.45, 7) is 5.86. The average Bonchev–Trinajstić information content (AvgIpc) is 2.95. The molecule has 18 nitrogen and oxygen atoms in total. The molecule has 0 heterocycles. The molecule has 0 aromatic carbocycles. The van der Waals surface area contributed by atoms with Crippen LogP contribution in [-0.4, -0.2) is 103 Å². The van der Waals surface area contributed by atoms with Crippen LogP contribution in [0.15, 0.2) is 0 Å². The summed E-state index contributed by atoms with van der Waals surface area (Å²) in [6, 6.07) is -4.48. The Labute approximate surface area is 268 Å². The third kappa shape index (κ3) is 19.1. The fraction of sp³-hybridized carbons (Fsp3) is 0.714. The molecule has 46 heavy (non-hydrogen) atoms. The van der Waals surface area contributed by atoms with E-state index in [0.717, 1.165) is 0 Å². The molecule has 0 saturated carbocycles. The molecule has 13 N–H and O–H groups in total. The number of amides is 7. The number of hydrogen-bond acceptors (Lipinski definition) is 10. The third-order valence-corrected chi connectivity index (χ3v) is 6.32. The van der Waals surface area contributed by atoms with Crippen LogP contribution in [0.5, 0.6) is 0 Å². The Hall–Kier alpha value is -4.32. The van der Waals surface area contributed by atoms with Gasteiger partial charge in [-0.2, -0.15) is 0 Å². The number of rotatable bonds is 23. The smallest absolute Gasteiger partial charge is 0.322 e. The fourth-order valence-corrected chi connectivity index (χ4v) is 4.13. The van der Waals surface area contributed by atoms with Crippen molar-refractivity contribution in [3.8, 4) is 0 Å². The monoisotopic (exact) mass is 657 g/mol. The van der Waals surface area contributed by atoms with Gasteiger partial charge in [-0.25, -0.2) is 0 Å². The summed E-state index contributed by atoms with van der Waals surface area (Å²) in [6.07, 6.45) is 1.12. The summed E-state index contributed by atoms with van der Waals surface area (Å²) in [5.41, 5.74) is 16.6. The van der Waals surface area contributed by atoms with Gasteiger partial charge in [-0.05, 0) is 50.5 Å². The van der Waals surface area contributed by atoms with Crippen LogP contribution >= 0.6 is 0 Å². The number of carboxylic acids is 1. The van der Waals surface area contributed by atoms with Crippen LogP contribution in [-0.2, 0) is 38.4 Å². The second-order valence-corrected chi connectivity index (χ2v) is 11.7. The maximum atomic E-state index is 12.9. The van der Waals surface area contributed by atoms with Crippen LogP contribution < -0.4 is 49.1 Å². The van der Waals surface area contributed by atoms with Gasteiger partial charge in [0.25, 0.3) is 0 Å². The van der Waals surface area contributed by atoms with Crippen molar-refractivity contribution in [3.05, 3.63) is 0 Å². The van der Waals surface area contributed by atoms with Gasteiger partial charge in [0.15, 0.2) is 0 Å². The quantitative estimate of drug-likeness (QED) is 0.0477. The SMILES string of the molecule is CC(C)C[C@H](NC(=O)CNC(=O)[C@H](CCCCN)NC(=O)CNC(=O)[C@H](CC(N)=O)NC(=O)[C@@H](N)CC(C)C)C(=O)NCC(=O)O. The highest BCUT2D eigenvalue weighted by atomic mass is 16.4. The van der Waals surface area contributed by atoms with E-state index in [9.17, 15) is 38.4 Å². The van der Waals surface area contributed by atoms with E-state index in [2.05, 4.69) is 31.9 Å². The number of primary amides is 1. The first-order chi connectivity index (χ1) is 21.5. The molecule has 4 atom stereocenters. The molecule has 7 amide bonds. The number of carbonyl (C=O) groups is 8. The molecule has 0 radical (unpaired) electrons. The standard InChI is InChI=1S/C28H51N9O9/c1-15(2)9-17(30)25(43)37-20(11-21(31)38)28(46)33-12-22(39)35-18(7-5-6-8-29)26(44)32-13-23(40)36-19(10-16(3)4)27(45)34-14-24(41)42/h15-20H,5-14,29-30H2,1-4H3,(H2,31,38)(H,32,44)(H,33,46)(H,34,45)(H,35,39)(H,36,40)(H,37,43)(H,41,42)/t17-,18-,19-,20-/m0/s1. The molecule has 0 aliphatic rings. The lowest BCUT2D eigenvalue weighted by Gasteiger charge is -2.22. The van der Waals surface area contributed by atoms with Crippen molar-refractivity contribution in [3.63, 3.8) is 0 Å². The third-order valence-electron chi connectivity index (χ3n) is 6.32. The summed E-state index contributed by atoms with van der Waals surface area (Å²) < 4.78 is 0. The molecule has 0 aromatic rings. The number of hydrogen-bond donors (Lipinski definition) is 10. The Morgan fingerprint density at radius 3 is 1.59 bits per heavy atom. The molecule has 0 aliphatic carbocycles. The lowest BCUT2D eigenvalue weighted by molar-refractivity contribution is -0.138. The largest absolute Gasteiger partial charge is 0.480 e. The van der Waals surface area contributed by atoms with Crippen molar-refractivity contribution in [1.29, 1.82) is 0 Å². The van der Waals surface area contributed by atoms with Gasteiger partial charge < -0.3 is 54.2 Å². The molecule has 262 valence electrons. The van der Waals surface area contributed by atoms with Gasteiger partial charge in [-0.3, -0.25) is 38.4 Å². The van der Waals surface area contributed by atoms with E-state index in [4.69, 9.17) is 22.3 Å². The van der Waals surface area contributed by atoms with Gasteiger partial charge >= 0.3 is 5.97 Å². The number of nitrogens with one attached hydrogen (secondary N) is 6. The average molecular weight is 658 g/mol. The van der Waals surface area contributed by atoms with E-state index >= 15 is 0 Å². The first kappa shape index (κ1) is 41.7. The second-order valence-electron chi connectivity index (χ2n) is 11.7. The summed E-state index contributed by atoms with van der Waals surface area (Å²) in [5.74, 6) is -6.52. The van der Waals surface area contributed by atoms with E-state index < -0.39 is 97.5 Å². The van der Waals surface area contributed by atoms with Gasteiger partial charge in [-0.15, -0.1) is 0 Å². The maximum absolute atomic E-state index is 12.9. The van der Waals surface area contributed by atoms with E-state index in [1.165, 1.54) is 0 Å². The minimum Gasteiger partial charge on any atom is -0.480 e. The van der Waals surface area contributed by atoms with Crippen LogP contribution in [0.4, 0.5) is 0 Å². The first-order valence-electron chi connectivity index (χ1n) is 15.1. The van der Waals surface area contributed by atoms with E-state index in [1.807, 2.05) is 13.8 Å². The van der Waals surface area contributed by atoms with Gasteiger partial charge in [0.1, 0.15) is 24.7 Å². The Bertz CT molecular complexity index is 1070. The topological polar surface area (TPSA) is 307 Å². The summed E-state index contributed by atoms with van der Waals surface area (Å²) in [4.78, 5) is 97.8. The number of carboxylic acid groups (broad SMARTS) is 1. The number of unbranched alkanes of at least 4 members (excludes halogenated alkanes) is 1. The molecule has 0 unspecified atom stereocenters. The zero-order valence-corrected chi connectivity index (χ0v) is 27.0. The molecule has 0 saturated heterocycles. The van der Waals surface area contributed by atoms with Gasteiger partial charge in [0.05, 0.1) is 25.6 Å². The zero-order chi connectivity index (χ0) is 35.4. The Balaban J connectivity index is 5.28. The number of aliphatic carboxylic acids is 1. The predicted molar refractivity (Wildman–Crippen MR) is 166 cm³/mol. The predicted octanol–water partition coefficient (Wildman–Crippen LogP) is -3.70. The van der Waals surface area contributed by atoms with Crippen LogP contribution in [0.3, 0.4) is 0 Å². The summed E-state index contributed by atoms with van der Waals surface area (Å²) in [5, 5.41) is 23.0. The van der Waals surface area contributed by atoms with Crippen molar-refractivity contribution >= 4 is 47.3 Å². The van der Waals surface area contributed by atoms with Crippen molar-refractivity contribution in [1.82, 2.24) is 31.9 Å². The van der Waals surface area contributed by atoms with E-state index in [1.54, 1.807) is 13.8 Å². The van der Waals surface area contributed by atoms with Crippen LogP contribution in [0.25, 0.3) is 0 Å². The molecular formula is C28H51N9O9. The zero-order valence-electron chi connectivity index (χ0n) is 27.0. The highest BCUT2D eigenvalue weighted by molar-refractivity contribution is 5.96. The van der Waals surface area contributed by atoms with Crippen molar-refractivity contribution in [2.75, 3.05) is 26.2 Å². The minimum atomic E-state index is -1.39. The summed E-state index contributed by atoms with van der Waals surface area (Å²) >= 11 is 0. The van der Waals surface area contributed by atoms with E-state index in [-0.39, 0.29) is 24.7 Å². The normalized spacial score (nSPS) is 13.5. The molecule has 0 fully saturated rings. The van der Waals surface area contributed by atoms with Crippen LogP contribution in [0.2, 0.25) is 0 Å². The number of nitrogens with two attached hydrogens (primary N) is 3. The van der Waals surface area contributed by atoms with Gasteiger partial charge in [0, 0.05) is 0 Å². The van der Waals surface area contributed by atoms with E-state index in [0.29, 0.717) is 25.8 Å². The van der Waals surface area contributed by atoms with Gasteiger partial charge in [-0.1, -0.05) is 27.7 Å². The van der Waals surface area contributed by atoms with Crippen LogP contribution in [0, 0.1) is 11.8 Å². The highest BCUT2D eigenvalue weighted by Gasteiger charge is 2.28. The first-order valence-corrected chi connectivity index (χ1v) is 15.1. The summed E-state index contributed by atoms with van der Waals surface area (Å²) in [7, 11) is 0. The molecule has 0 aliphatic heterocycles. The second kappa shape index (κ2) is 22.2. The maximum Gasteiger partial charge on any atom is 0.322 e. The number of carbonyl (C=O) groups excluding carboxylic acids is 7. The van der Waals surface area contributed by atoms with Gasteiger partial charge in [0.2, 0.25) is 41.4 Å². The Morgan fingerprint density at radius 1 is 0.630 bits per heavy atom. The molecule has 18 heteroatoms. The van der Waals surface area contributed by atoms with Crippen molar-refractivity contribution in [2.24, 2.45) is 29.0 Å². The Morgan fingerprint density at radius 2 is 1.11 bits per heavy atom. The van der Waals surface area contributed by atoms with Crippen molar-refractivity contribution in [2.45, 2.75) is 90.4 Å². The highest BCUT2D eigenvalue weighted by Crippen LogP contribution is 2.06. The van der Waals surface area contributed by atoms with Crippen molar-refractivity contribution < 1.29 is 43.5 Å². The Kier molecular flexibility index (Phi) is 20.1. The lowest BCUT2D eigenvalue weighted by Crippen LogP contribution is -2.55. The van der Waals surface area contributed by atoms with Crippen LogP contribution in [0.1, 0.15) is 66.2 Å². The molecule has 0 rings (SSSR count). The lowest BCUT2D eigenvalue weighted by atomic mass is 10.0. The molecule has 0 aromatic heterocycles. The molecule has 0 spiro atoms. The minimum absolute atomic E-state index is 0.0251. The molecule has 0 bridgehead atoms. The molecular weight excluding hydrogens is 606 g/mol.